The number of rotatable bonds is 8. The summed E-state index contributed by atoms with van der Waals surface area (Å²) in [6.07, 6.45) is 13.6. The molecule has 0 aliphatic heterocycles. The molecule has 1 aromatic carbocycles. The largest absolute Gasteiger partial charge is 0.491 e. The van der Waals surface area contributed by atoms with Crippen LogP contribution in [-0.4, -0.2) is 30.4 Å². The number of aliphatic hydroxyl groups is 1. The molecule has 0 fully saturated rings. The minimum atomic E-state index is -0.698. The Labute approximate surface area is 148 Å². The first-order chi connectivity index (χ1) is 12.2. The topological polar surface area (TPSA) is 55.8 Å². The van der Waals surface area contributed by atoms with Crippen LogP contribution in [0, 0.1) is 0 Å². The highest BCUT2D eigenvalue weighted by atomic mass is 16.5. The van der Waals surface area contributed by atoms with Crippen molar-refractivity contribution in [2.75, 3.05) is 13.2 Å². The summed E-state index contributed by atoms with van der Waals surface area (Å²) in [6, 6.07) is 7.53. The van der Waals surface area contributed by atoms with E-state index in [1.165, 1.54) is 0 Å². The molecular formula is C21H24O4. The molecule has 0 saturated heterocycles. The van der Waals surface area contributed by atoms with Gasteiger partial charge in [0.25, 0.3) is 0 Å². The van der Waals surface area contributed by atoms with Crippen molar-refractivity contribution >= 4 is 5.97 Å². The fourth-order valence-corrected chi connectivity index (χ4v) is 2.31. The summed E-state index contributed by atoms with van der Waals surface area (Å²) in [5.41, 5.74) is 1.84. The summed E-state index contributed by atoms with van der Waals surface area (Å²) in [5, 5.41) is 10.2. The molecule has 1 N–H and O–H groups in total. The number of aryl methyl sites for hydroxylation is 1. The summed E-state index contributed by atoms with van der Waals surface area (Å²) >= 11 is 0. The van der Waals surface area contributed by atoms with E-state index < -0.39 is 6.10 Å². The maximum absolute atomic E-state index is 11.4. The van der Waals surface area contributed by atoms with Gasteiger partial charge in [0, 0.05) is 6.42 Å². The molecule has 0 aromatic heterocycles. The lowest BCUT2D eigenvalue weighted by Gasteiger charge is -2.14. The first kappa shape index (κ1) is 18.7. The van der Waals surface area contributed by atoms with E-state index >= 15 is 0 Å². The van der Waals surface area contributed by atoms with Crippen molar-refractivity contribution in [2.45, 2.75) is 25.9 Å². The molecule has 1 aliphatic carbocycles. The average molecular weight is 340 g/mol. The van der Waals surface area contributed by atoms with Gasteiger partial charge in [0.2, 0.25) is 0 Å². The average Bonchev–Trinajstić information content (AvgIpc) is 2.59. The van der Waals surface area contributed by atoms with Crippen LogP contribution in [0.4, 0.5) is 0 Å². The van der Waals surface area contributed by atoms with Gasteiger partial charge in [-0.1, -0.05) is 54.7 Å². The van der Waals surface area contributed by atoms with Crippen LogP contribution in [0.15, 0.2) is 72.4 Å². The third-order valence-electron chi connectivity index (χ3n) is 3.66. The molecular weight excluding hydrogens is 316 g/mol. The summed E-state index contributed by atoms with van der Waals surface area (Å²) in [6.45, 7) is 2.38. The van der Waals surface area contributed by atoms with Crippen LogP contribution in [0.5, 0.6) is 5.75 Å². The fraction of sp³-hybridized carbons (Fsp3) is 0.286. The number of carbonyl (C=O) groups is 1. The fourth-order valence-electron chi connectivity index (χ4n) is 2.31. The molecule has 0 saturated carbocycles. The lowest BCUT2D eigenvalue weighted by atomic mass is 10.1. The minimum Gasteiger partial charge on any atom is -0.491 e. The first-order valence-corrected chi connectivity index (χ1v) is 8.46. The SMILES string of the molecule is CCOC(=O)CCc1ccc(OC[C@@H](O)C2=C/C=C\C=C/C=C2)cc1. The van der Waals surface area contributed by atoms with Gasteiger partial charge in [0.1, 0.15) is 18.5 Å². The lowest BCUT2D eigenvalue weighted by molar-refractivity contribution is -0.143. The van der Waals surface area contributed by atoms with E-state index in [9.17, 15) is 9.90 Å². The zero-order chi connectivity index (χ0) is 17.9. The van der Waals surface area contributed by atoms with Crippen LogP contribution in [0.1, 0.15) is 18.9 Å². The maximum Gasteiger partial charge on any atom is 0.306 e. The van der Waals surface area contributed by atoms with Crippen molar-refractivity contribution < 1.29 is 19.4 Å². The number of hydrogen-bond donors (Lipinski definition) is 1. The van der Waals surface area contributed by atoms with Gasteiger partial charge in [-0.25, -0.2) is 0 Å². The number of carbonyl (C=O) groups excluding carboxylic acids is 1. The van der Waals surface area contributed by atoms with Crippen molar-refractivity contribution in [1.29, 1.82) is 0 Å². The van der Waals surface area contributed by atoms with Gasteiger partial charge in [0.15, 0.2) is 0 Å². The molecule has 0 bridgehead atoms. The van der Waals surface area contributed by atoms with Crippen molar-refractivity contribution in [1.82, 2.24) is 0 Å². The molecule has 0 heterocycles. The van der Waals surface area contributed by atoms with E-state index in [1.54, 1.807) is 6.92 Å². The highest BCUT2D eigenvalue weighted by Crippen LogP contribution is 2.15. The van der Waals surface area contributed by atoms with Crippen LogP contribution >= 0.6 is 0 Å². The van der Waals surface area contributed by atoms with Crippen LogP contribution < -0.4 is 4.74 Å². The van der Waals surface area contributed by atoms with E-state index in [4.69, 9.17) is 9.47 Å². The van der Waals surface area contributed by atoms with Crippen molar-refractivity contribution in [3.05, 3.63) is 77.9 Å². The Kier molecular flexibility index (Phi) is 7.73. The Bertz CT molecular complexity index is 666. The molecule has 0 spiro atoms. The Hall–Kier alpha value is -2.59. The lowest BCUT2D eigenvalue weighted by Crippen LogP contribution is -2.19. The maximum atomic E-state index is 11.4. The monoisotopic (exact) mass is 340 g/mol. The van der Waals surface area contributed by atoms with Gasteiger partial charge < -0.3 is 14.6 Å². The Balaban J connectivity index is 1.81. The molecule has 1 aromatic rings. The number of esters is 1. The third-order valence-corrected chi connectivity index (χ3v) is 3.66. The zero-order valence-electron chi connectivity index (χ0n) is 14.4. The summed E-state index contributed by atoms with van der Waals surface area (Å²) in [7, 11) is 0. The molecule has 0 radical (unpaired) electrons. The predicted molar refractivity (Wildman–Crippen MR) is 98.4 cm³/mol. The summed E-state index contributed by atoms with van der Waals surface area (Å²) < 4.78 is 10.6. The normalized spacial score (nSPS) is 17.0. The second-order valence-corrected chi connectivity index (χ2v) is 5.57. The quantitative estimate of drug-likeness (QED) is 0.736. The number of ether oxygens (including phenoxy) is 2. The Morgan fingerprint density at radius 2 is 1.80 bits per heavy atom. The van der Waals surface area contributed by atoms with E-state index in [1.807, 2.05) is 66.8 Å². The first-order valence-electron chi connectivity index (χ1n) is 8.46. The van der Waals surface area contributed by atoms with Gasteiger partial charge in [-0.05, 0) is 36.6 Å². The summed E-state index contributed by atoms with van der Waals surface area (Å²) in [4.78, 5) is 11.4. The molecule has 0 unspecified atom stereocenters. The van der Waals surface area contributed by atoms with Gasteiger partial charge in [0.05, 0.1) is 6.61 Å². The van der Waals surface area contributed by atoms with Gasteiger partial charge in [-0.15, -0.1) is 0 Å². The number of benzene rings is 1. The highest BCUT2D eigenvalue weighted by Gasteiger charge is 2.09. The molecule has 4 heteroatoms. The van der Waals surface area contributed by atoms with Gasteiger partial charge in [-0.3, -0.25) is 4.79 Å². The van der Waals surface area contributed by atoms with E-state index in [0.717, 1.165) is 11.1 Å². The molecule has 0 amide bonds. The van der Waals surface area contributed by atoms with Crippen LogP contribution in [-0.2, 0) is 16.0 Å². The molecule has 132 valence electrons. The Morgan fingerprint density at radius 3 is 2.56 bits per heavy atom. The number of aliphatic hydroxyl groups excluding tert-OH is 1. The van der Waals surface area contributed by atoms with Gasteiger partial charge in [-0.2, -0.15) is 0 Å². The third kappa shape index (κ3) is 6.81. The molecule has 4 nitrogen and oxygen atoms in total. The second kappa shape index (κ2) is 10.3. The van der Waals surface area contributed by atoms with Gasteiger partial charge >= 0.3 is 5.97 Å². The van der Waals surface area contributed by atoms with Crippen LogP contribution in [0.25, 0.3) is 0 Å². The standard InChI is InChI=1S/C21H24O4/c1-2-24-21(23)15-12-17-10-13-19(14-11-17)25-16-20(22)18-8-6-4-3-5-7-9-18/h3-11,13-14,20,22H,2,12,15-16H2,1H3/b4-3-,5-3?,6-4?,7-5-,8-6?,9-7?,18-8?,18-9?/t20-/m1/s1. The predicted octanol–water partition coefficient (Wildman–Crippen LogP) is 3.53. The van der Waals surface area contributed by atoms with Crippen molar-refractivity contribution in [3.63, 3.8) is 0 Å². The molecule has 25 heavy (non-hydrogen) atoms. The Morgan fingerprint density at radius 1 is 1.08 bits per heavy atom. The van der Waals surface area contributed by atoms with Crippen LogP contribution in [0.3, 0.4) is 0 Å². The number of hydrogen-bond acceptors (Lipinski definition) is 4. The van der Waals surface area contributed by atoms with Crippen molar-refractivity contribution in [2.24, 2.45) is 0 Å². The minimum absolute atomic E-state index is 0.176. The smallest absolute Gasteiger partial charge is 0.306 e. The molecule has 2 rings (SSSR count). The second-order valence-electron chi connectivity index (χ2n) is 5.57. The van der Waals surface area contributed by atoms with E-state index in [-0.39, 0.29) is 12.6 Å². The van der Waals surface area contributed by atoms with E-state index in [2.05, 4.69) is 0 Å². The number of allylic oxidation sites excluding steroid dienone is 6. The highest BCUT2D eigenvalue weighted by molar-refractivity contribution is 5.69. The molecule has 1 atom stereocenters. The van der Waals surface area contributed by atoms with Crippen LogP contribution in [0.2, 0.25) is 0 Å². The molecule has 1 aliphatic rings. The van der Waals surface area contributed by atoms with Crippen molar-refractivity contribution in [3.8, 4) is 5.75 Å². The summed E-state index contributed by atoms with van der Waals surface area (Å²) in [5.74, 6) is 0.500. The zero-order valence-corrected chi connectivity index (χ0v) is 14.4. The van der Waals surface area contributed by atoms with E-state index in [0.29, 0.717) is 25.2 Å².